The fourth-order valence-corrected chi connectivity index (χ4v) is 3.77. The van der Waals surface area contributed by atoms with Crippen molar-refractivity contribution >= 4 is 19.6 Å². The Morgan fingerprint density at radius 3 is 2.50 bits per heavy atom. The molecule has 1 aromatic heterocycles. The highest BCUT2D eigenvalue weighted by molar-refractivity contribution is 7.43. The maximum absolute atomic E-state index is 13.0. The molecule has 2 amide bonds. The first-order valence-corrected chi connectivity index (χ1v) is 11.9. The number of hydrogen-bond acceptors (Lipinski definition) is 7. The van der Waals surface area contributed by atoms with Gasteiger partial charge in [-0.3, -0.25) is 24.3 Å². The fraction of sp³-hybridized carbons (Fsp3) is 0.400. The Morgan fingerprint density at radius 2 is 1.88 bits per heavy atom. The first-order chi connectivity index (χ1) is 15.2. The van der Waals surface area contributed by atoms with Gasteiger partial charge in [0.05, 0.1) is 0 Å². The van der Waals surface area contributed by atoms with Crippen molar-refractivity contribution in [3.8, 4) is 5.75 Å². The summed E-state index contributed by atoms with van der Waals surface area (Å²) in [6.45, 7) is 4.31. The van der Waals surface area contributed by atoms with Gasteiger partial charge < -0.3 is 15.3 Å². The van der Waals surface area contributed by atoms with Gasteiger partial charge in [0.1, 0.15) is 12.5 Å². The molecule has 1 atom stereocenters. The van der Waals surface area contributed by atoms with Gasteiger partial charge in [-0.15, -0.1) is 0 Å². The normalized spacial score (nSPS) is 14.8. The standard InChI is InChI=1S/C20H23FN5O5P/c1-32(31)11-10-25-6-8-26(9-7-25)20(30)17-23-15(16(27)19(29)24-17)18(28)22-12-13-2-4-14(21)5-3-13/h2-5H,6-12H2,1H3,(H2-,22,23,24,27,28,29,30)/p+1. The van der Waals surface area contributed by atoms with Gasteiger partial charge >= 0.3 is 7.80 Å². The van der Waals surface area contributed by atoms with Crippen molar-refractivity contribution in [2.24, 2.45) is 0 Å². The molecular formula is C20H24FN5O5P+. The molecule has 170 valence electrons. The number of halogens is 1. The number of nitrogens with zero attached hydrogens (tertiary/aromatic N) is 3. The zero-order chi connectivity index (χ0) is 23.3. The molecule has 0 spiro atoms. The van der Waals surface area contributed by atoms with Crippen LogP contribution in [-0.4, -0.2) is 82.2 Å². The van der Waals surface area contributed by atoms with Gasteiger partial charge in [0, 0.05) is 39.3 Å². The van der Waals surface area contributed by atoms with E-state index in [9.17, 15) is 28.4 Å². The van der Waals surface area contributed by atoms with Crippen LogP contribution < -0.4 is 10.9 Å². The van der Waals surface area contributed by atoms with Crippen LogP contribution >= 0.6 is 7.80 Å². The molecule has 1 aliphatic heterocycles. The molecular weight excluding hydrogens is 440 g/mol. The zero-order valence-corrected chi connectivity index (χ0v) is 18.4. The second kappa shape index (κ2) is 10.4. The average Bonchev–Trinajstić information content (AvgIpc) is 2.78. The van der Waals surface area contributed by atoms with Crippen molar-refractivity contribution in [3.05, 3.63) is 57.5 Å². The molecule has 0 saturated carbocycles. The van der Waals surface area contributed by atoms with Crippen LogP contribution in [0.1, 0.15) is 26.7 Å². The number of nitrogens with one attached hydrogen (secondary N) is 2. The predicted octanol–water partition coefficient (Wildman–Crippen LogP) is 0.760. The highest BCUT2D eigenvalue weighted by atomic mass is 31.1. The Morgan fingerprint density at radius 1 is 1.22 bits per heavy atom. The number of aromatic hydroxyl groups is 1. The summed E-state index contributed by atoms with van der Waals surface area (Å²) in [6.07, 6.45) is 0.590. The number of benzene rings is 1. The van der Waals surface area contributed by atoms with E-state index < -0.39 is 42.4 Å². The van der Waals surface area contributed by atoms with Gasteiger partial charge in [-0.1, -0.05) is 16.7 Å². The highest BCUT2D eigenvalue weighted by Gasteiger charge is 2.27. The summed E-state index contributed by atoms with van der Waals surface area (Å²) < 4.78 is 24.3. The van der Waals surface area contributed by atoms with Crippen LogP contribution in [-0.2, 0) is 11.1 Å². The number of H-pyrrole nitrogens is 1. The monoisotopic (exact) mass is 464 g/mol. The lowest BCUT2D eigenvalue weighted by molar-refractivity contribution is 0.0631. The van der Waals surface area contributed by atoms with Crippen LogP contribution in [0.4, 0.5) is 4.39 Å². The van der Waals surface area contributed by atoms with Crippen molar-refractivity contribution in [2.75, 3.05) is 45.6 Å². The summed E-state index contributed by atoms with van der Waals surface area (Å²) in [5.41, 5.74) is -0.962. The number of amides is 2. The van der Waals surface area contributed by atoms with Crippen LogP contribution in [0.5, 0.6) is 5.75 Å². The van der Waals surface area contributed by atoms with E-state index in [1.165, 1.54) is 29.2 Å². The van der Waals surface area contributed by atoms with E-state index >= 15 is 0 Å². The second-order valence-corrected chi connectivity index (χ2v) is 9.11. The van der Waals surface area contributed by atoms with Crippen molar-refractivity contribution in [3.63, 3.8) is 0 Å². The number of hydrogen-bond donors (Lipinski definition) is 3. The SMILES string of the molecule is C[P+](=O)CCN1CCN(C(=O)c2nc(C(=O)NCc3ccc(F)cc3)c(O)c(=O)[nH]2)CC1. The number of carbonyl (C=O) groups excluding carboxylic acids is 2. The number of aromatic nitrogens is 2. The molecule has 1 saturated heterocycles. The van der Waals surface area contributed by atoms with Gasteiger partial charge in [-0.25, -0.2) is 9.37 Å². The van der Waals surface area contributed by atoms with E-state index in [0.29, 0.717) is 44.4 Å². The largest absolute Gasteiger partial charge is 0.501 e. The summed E-state index contributed by atoms with van der Waals surface area (Å²) in [6, 6.07) is 5.44. The van der Waals surface area contributed by atoms with E-state index in [4.69, 9.17) is 0 Å². The van der Waals surface area contributed by atoms with Crippen LogP contribution in [0.3, 0.4) is 0 Å². The Bertz CT molecular complexity index is 1070. The van der Waals surface area contributed by atoms with Gasteiger partial charge in [-0.05, 0) is 17.7 Å². The lowest BCUT2D eigenvalue weighted by atomic mass is 10.2. The van der Waals surface area contributed by atoms with E-state index in [2.05, 4.69) is 20.2 Å². The number of rotatable bonds is 7. The third kappa shape index (κ3) is 5.95. The molecule has 3 N–H and O–H groups in total. The topological polar surface area (TPSA) is 136 Å². The van der Waals surface area contributed by atoms with Crippen molar-refractivity contribution in [1.29, 1.82) is 0 Å². The predicted molar refractivity (Wildman–Crippen MR) is 115 cm³/mol. The number of piperazine rings is 1. The molecule has 1 aromatic carbocycles. The first kappa shape index (κ1) is 23.5. The molecule has 2 heterocycles. The third-order valence-electron chi connectivity index (χ3n) is 5.07. The zero-order valence-electron chi connectivity index (χ0n) is 17.5. The molecule has 1 fully saturated rings. The summed E-state index contributed by atoms with van der Waals surface area (Å²) in [5, 5.41) is 12.5. The Hall–Kier alpha value is -3.17. The molecule has 2 aromatic rings. The minimum Gasteiger partial charge on any atom is -0.501 e. The smallest absolute Gasteiger partial charge is 0.336 e. The summed E-state index contributed by atoms with van der Waals surface area (Å²) >= 11 is 0. The molecule has 10 nitrogen and oxygen atoms in total. The van der Waals surface area contributed by atoms with Crippen molar-refractivity contribution in [2.45, 2.75) is 6.54 Å². The molecule has 0 aliphatic carbocycles. The summed E-state index contributed by atoms with van der Waals surface area (Å²) in [5.74, 6) is -3.05. The number of carbonyl (C=O) groups is 2. The van der Waals surface area contributed by atoms with E-state index in [1.54, 1.807) is 6.66 Å². The lowest BCUT2D eigenvalue weighted by Crippen LogP contribution is -2.49. The van der Waals surface area contributed by atoms with Gasteiger partial charge in [0.25, 0.3) is 17.4 Å². The molecule has 1 unspecified atom stereocenters. The van der Waals surface area contributed by atoms with Gasteiger partial charge in [-0.2, -0.15) is 0 Å². The van der Waals surface area contributed by atoms with E-state index in [1.807, 2.05) is 0 Å². The van der Waals surface area contributed by atoms with Crippen molar-refractivity contribution in [1.82, 2.24) is 25.1 Å². The van der Waals surface area contributed by atoms with Crippen LogP contribution in [0.2, 0.25) is 0 Å². The van der Waals surface area contributed by atoms with Crippen molar-refractivity contribution < 1.29 is 23.7 Å². The van der Waals surface area contributed by atoms with Crippen LogP contribution in [0.25, 0.3) is 0 Å². The molecule has 0 radical (unpaired) electrons. The van der Waals surface area contributed by atoms with Crippen LogP contribution in [0, 0.1) is 5.82 Å². The fourth-order valence-electron chi connectivity index (χ4n) is 3.20. The minimum absolute atomic E-state index is 0.0155. The van der Waals surface area contributed by atoms with E-state index in [0.717, 1.165) is 0 Å². The van der Waals surface area contributed by atoms with Gasteiger partial charge in [0.15, 0.2) is 17.7 Å². The first-order valence-electron chi connectivity index (χ1n) is 10.0. The summed E-state index contributed by atoms with van der Waals surface area (Å²) in [7, 11) is -1.22. The Kier molecular flexibility index (Phi) is 7.66. The highest BCUT2D eigenvalue weighted by Crippen LogP contribution is 2.15. The third-order valence-corrected chi connectivity index (χ3v) is 5.90. The molecule has 0 bridgehead atoms. The molecule has 12 heteroatoms. The Balaban J connectivity index is 1.67. The Labute approximate surface area is 184 Å². The summed E-state index contributed by atoms with van der Waals surface area (Å²) in [4.78, 5) is 47.1. The van der Waals surface area contributed by atoms with Crippen LogP contribution in [0.15, 0.2) is 29.1 Å². The maximum atomic E-state index is 13.0. The number of aromatic amines is 1. The van der Waals surface area contributed by atoms with Gasteiger partial charge in [0.2, 0.25) is 5.75 Å². The molecule has 3 rings (SSSR count). The van der Waals surface area contributed by atoms with E-state index in [-0.39, 0.29) is 12.4 Å². The molecule has 1 aliphatic rings. The minimum atomic E-state index is -1.22. The quantitative estimate of drug-likeness (QED) is 0.515. The average molecular weight is 464 g/mol. The maximum Gasteiger partial charge on any atom is 0.336 e. The second-order valence-electron chi connectivity index (χ2n) is 7.41. The molecule has 32 heavy (non-hydrogen) atoms. The lowest BCUT2D eigenvalue weighted by Gasteiger charge is -2.33.